The molecule has 7 nitrogen and oxygen atoms in total. The molecule has 1 aliphatic carbocycles. The van der Waals surface area contributed by atoms with Crippen LogP contribution in [0, 0.1) is 11.3 Å². The molecule has 1 aromatic carbocycles. The van der Waals surface area contributed by atoms with Crippen LogP contribution >= 0.6 is 11.8 Å². The summed E-state index contributed by atoms with van der Waals surface area (Å²) in [5.41, 5.74) is -0.111. The maximum absolute atomic E-state index is 12.8. The van der Waals surface area contributed by atoms with Crippen molar-refractivity contribution in [3.05, 3.63) is 12.1 Å². The number of carbonyl (C=O) groups excluding carboxylic acids is 1. The number of urea groups is 1. The lowest BCUT2D eigenvalue weighted by molar-refractivity contribution is -0.149. The highest BCUT2D eigenvalue weighted by Gasteiger charge is 2.55. The van der Waals surface area contributed by atoms with Gasteiger partial charge in [-0.25, -0.2) is 4.79 Å². The van der Waals surface area contributed by atoms with E-state index in [0.29, 0.717) is 43.4 Å². The first-order valence-electron chi connectivity index (χ1n) is 8.80. The number of anilines is 1. The lowest BCUT2D eigenvalue weighted by atomic mass is 9.81. The second-order valence-corrected chi connectivity index (χ2v) is 7.91. The van der Waals surface area contributed by atoms with Crippen molar-refractivity contribution >= 4 is 29.4 Å². The summed E-state index contributed by atoms with van der Waals surface area (Å²) < 4.78 is 11.2. The number of aliphatic carboxylic acids is 1. The molecule has 2 heterocycles. The summed E-state index contributed by atoms with van der Waals surface area (Å²) >= 11 is 1.51. The number of hydrogen-bond donors (Lipinski definition) is 2. The van der Waals surface area contributed by atoms with E-state index in [0.717, 1.165) is 17.7 Å². The van der Waals surface area contributed by atoms with Crippen molar-refractivity contribution in [3.63, 3.8) is 0 Å². The van der Waals surface area contributed by atoms with Crippen LogP contribution in [0.5, 0.6) is 11.5 Å². The van der Waals surface area contributed by atoms with Crippen molar-refractivity contribution in [1.82, 2.24) is 4.90 Å². The number of carbonyl (C=O) groups is 2. The van der Waals surface area contributed by atoms with Gasteiger partial charge < -0.3 is 24.8 Å². The molecule has 2 atom stereocenters. The molecule has 1 saturated carbocycles. The zero-order valence-corrected chi connectivity index (χ0v) is 15.4. The maximum atomic E-state index is 12.8. The predicted molar refractivity (Wildman–Crippen MR) is 97.2 cm³/mol. The summed E-state index contributed by atoms with van der Waals surface area (Å²) in [7, 11) is 0. The third-order valence-electron chi connectivity index (χ3n) is 5.69. The molecule has 2 aliphatic heterocycles. The number of benzene rings is 1. The van der Waals surface area contributed by atoms with Crippen LogP contribution in [0.2, 0.25) is 0 Å². The van der Waals surface area contributed by atoms with Crippen LogP contribution in [-0.2, 0) is 4.79 Å². The Morgan fingerprint density at radius 3 is 2.69 bits per heavy atom. The molecule has 8 heteroatoms. The SMILES string of the molecule is CSc1cc2c(cc1NC(=O)N1C[C@@H]3CCC[C@@]3(C(=O)O)C1)OCCO2. The minimum atomic E-state index is -0.778. The van der Waals surface area contributed by atoms with Gasteiger partial charge in [-0.2, -0.15) is 0 Å². The molecule has 140 valence electrons. The van der Waals surface area contributed by atoms with Gasteiger partial charge in [0, 0.05) is 24.1 Å². The van der Waals surface area contributed by atoms with Gasteiger partial charge in [-0.3, -0.25) is 4.79 Å². The quantitative estimate of drug-likeness (QED) is 0.787. The number of nitrogens with one attached hydrogen (secondary N) is 1. The smallest absolute Gasteiger partial charge is 0.321 e. The Labute approximate surface area is 156 Å². The highest BCUT2D eigenvalue weighted by atomic mass is 32.2. The highest BCUT2D eigenvalue weighted by molar-refractivity contribution is 7.98. The Hall–Kier alpha value is -2.09. The van der Waals surface area contributed by atoms with Crippen molar-refractivity contribution in [2.45, 2.75) is 24.2 Å². The summed E-state index contributed by atoms with van der Waals surface area (Å²) in [6, 6.07) is 3.39. The predicted octanol–water partition coefficient (Wildman–Crippen LogP) is 2.90. The Morgan fingerprint density at radius 1 is 1.31 bits per heavy atom. The number of hydrogen-bond acceptors (Lipinski definition) is 5. The molecule has 1 aromatic rings. The van der Waals surface area contributed by atoms with E-state index in [1.54, 1.807) is 11.0 Å². The number of carboxylic acids is 1. The van der Waals surface area contributed by atoms with E-state index in [4.69, 9.17) is 9.47 Å². The second-order valence-electron chi connectivity index (χ2n) is 7.06. The van der Waals surface area contributed by atoms with Crippen molar-refractivity contribution in [1.29, 1.82) is 0 Å². The molecule has 0 spiro atoms. The average molecular weight is 378 g/mol. The molecule has 2 amide bonds. The standard InChI is InChI=1S/C18H22N2O5S/c1-26-15-8-14-13(24-5-6-25-14)7-12(15)19-17(23)20-9-11-3-2-4-18(11,10-20)16(21)22/h7-8,11H,2-6,9-10H2,1H3,(H,19,23)(H,21,22)/t11-,18+/m0/s1. The number of carboxylic acid groups (broad SMARTS) is 1. The number of rotatable bonds is 3. The zero-order valence-electron chi connectivity index (χ0n) is 14.6. The van der Waals surface area contributed by atoms with Gasteiger partial charge >= 0.3 is 12.0 Å². The van der Waals surface area contributed by atoms with E-state index in [1.165, 1.54) is 11.8 Å². The Balaban J connectivity index is 1.53. The number of amides is 2. The van der Waals surface area contributed by atoms with Crippen LogP contribution in [0.25, 0.3) is 0 Å². The summed E-state index contributed by atoms with van der Waals surface area (Å²) in [5, 5.41) is 12.6. The van der Waals surface area contributed by atoms with Crippen molar-refractivity contribution in [2.75, 3.05) is 37.9 Å². The molecule has 0 radical (unpaired) electrons. The second kappa shape index (κ2) is 6.57. The van der Waals surface area contributed by atoms with E-state index in [2.05, 4.69) is 5.32 Å². The fourth-order valence-corrected chi connectivity index (χ4v) is 4.88. The Morgan fingerprint density at radius 2 is 2.04 bits per heavy atom. The third-order valence-corrected chi connectivity index (χ3v) is 6.47. The molecule has 26 heavy (non-hydrogen) atoms. The van der Waals surface area contributed by atoms with E-state index in [1.807, 2.05) is 12.3 Å². The molecular formula is C18H22N2O5S. The van der Waals surface area contributed by atoms with Gasteiger partial charge in [0.15, 0.2) is 11.5 Å². The first kappa shape index (κ1) is 17.3. The summed E-state index contributed by atoms with van der Waals surface area (Å²) in [5.74, 6) is 0.564. The first-order chi connectivity index (χ1) is 12.5. The minimum absolute atomic E-state index is 0.0473. The molecule has 0 bridgehead atoms. The van der Waals surface area contributed by atoms with Crippen molar-refractivity contribution < 1.29 is 24.2 Å². The Kier molecular flexibility index (Phi) is 4.38. The normalized spacial score (nSPS) is 26.5. The van der Waals surface area contributed by atoms with Crippen LogP contribution in [0.4, 0.5) is 10.5 Å². The summed E-state index contributed by atoms with van der Waals surface area (Å²) in [6.07, 6.45) is 4.37. The van der Waals surface area contributed by atoms with Crippen LogP contribution < -0.4 is 14.8 Å². The van der Waals surface area contributed by atoms with E-state index in [9.17, 15) is 14.7 Å². The largest absolute Gasteiger partial charge is 0.486 e. The van der Waals surface area contributed by atoms with Crippen LogP contribution in [0.3, 0.4) is 0 Å². The lowest BCUT2D eigenvalue weighted by Gasteiger charge is -2.24. The highest BCUT2D eigenvalue weighted by Crippen LogP contribution is 2.49. The number of thioether (sulfide) groups is 1. The van der Waals surface area contributed by atoms with Crippen LogP contribution in [0.15, 0.2) is 17.0 Å². The van der Waals surface area contributed by atoms with E-state index in [-0.39, 0.29) is 18.5 Å². The molecule has 3 aliphatic rings. The Bertz CT molecular complexity index is 755. The third kappa shape index (κ3) is 2.76. The maximum Gasteiger partial charge on any atom is 0.321 e. The molecule has 0 aromatic heterocycles. The van der Waals surface area contributed by atoms with Gasteiger partial charge in [-0.05, 0) is 31.1 Å². The van der Waals surface area contributed by atoms with Crippen LogP contribution in [-0.4, -0.2) is 54.6 Å². The first-order valence-corrected chi connectivity index (χ1v) is 10.0. The summed E-state index contributed by atoms with van der Waals surface area (Å²) in [4.78, 5) is 27.1. The monoisotopic (exact) mass is 378 g/mol. The number of nitrogens with zero attached hydrogens (tertiary/aromatic N) is 1. The minimum Gasteiger partial charge on any atom is -0.486 e. The molecule has 2 fully saturated rings. The van der Waals surface area contributed by atoms with Crippen molar-refractivity contribution in [3.8, 4) is 11.5 Å². The molecule has 1 saturated heterocycles. The average Bonchev–Trinajstić information content (AvgIpc) is 3.19. The van der Waals surface area contributed by atoms with Gasteiger partial charge in [0.05, 0.1) is 11.1 Å². The fraction of sp³-hybridized carbons (Fsp3) is 0.556. The van der Waals surface area contributed by atoms with Crippen LogP contribution in [0.1, 0.15) is 19.3 Å². The number of ether oxygens (including phenoxy) is 2. The van der Waals surface area contributed by atoms with E-state index >= 15 is 0 Å². The number of fused-ring (bicyclic) bond motifs is 2. The topological polar surface area (TPSA) is 88.1 Å². The molecule has 0 unspecified atom stereocenters. The summed E-state index contributed by atoms with van der Waals surface area (Å²) in [6.45, 7) is 1.77. The molecule has 2 N–H and O–H groups in total. The van der Waals surface area contributed by atoms with Gasteiger partial charge in [-0.15, -0.1) is 11.8 Å². The van der Waals surface area contributed by atoms with Gasteiger partial charge in [-0.1, -0.05) is 6.42 Å². The molecule has 4 rings (SSSR count). The van der Waals surface area contributed by atoms with Gasteiger partial charge in [0.2, 0.25) is 0 Å². The zero-order chi connectivity index (χ0) is 18.3. The van der Waals surface area contributed by atoms with Crippen molar-refractivity contribution in [2.24, 2.45) is 11.3 Å². The molecular weight excluding hydrogens is 356 g/mol. The number of likely N-dealkylation sites (tertiary alicyclic amines) is 1. The van der Waals surface area contributed by atoms with Gasteiger partial charge in [0.1, 0.15) is 13.2 Å². The van der Waals surface area contributed by atoms with Gasteiger partial charge in [0.25, 0.3) is 0 Å². The van der Waals surface area contributed by atoms with E-state index < -0.39 is 11.4 Å². The lowest BCUT2D eigenvalue weighted by Crippen LogP contribution is -2.38. The fourth-order valence-electron chi connectivity index (χ4n) is 4.32.